The van der Waals surface area contributed by atoms with Crippen LogP contribution in [0.5, 0.6) is 0 Å². The Hall–Kier alpha value is -2.66. The minimum Gasteiger partial charge on any atom is -0.384 e. The summed E-state index contributed by atoms with van der Waals surface area (Å²) in [6, 6.07) is 18.6. The SMILES string of the molecule is c1cnnc(NCCNCCNc2ccc3ccccc3c2)c1. The monoisotopic (exact) mass is 307 g/mol. The Morgan fingerprint density at radius 1 is 0.739 bits per heavy atom. The van der Waals surface area contributed by atoms with Crippen molar-refractivity contribution >= 4 is 22.3 Å². The van der Waals surface area contributed by atoms with Gasteiger partial charge in [-0.2, -0.15) is 5.10 Å². The van der Waals surface area contributed by atoms with Gasteiger partial charge in [0.1, 0.15) is 5.82 Å². The standard InChI is InChI=1S/C18H21N5/c1-2-5-16-14-17(8-7-15(16)4-1)20-12-10-19-11-13-21-18-6-3-9-22-23-18/h1-9,14,19-20H,10-13H2,(H,21,23). The van der Waals surface area contributed by atoms with E-state index in [1.807, 2.05) is 12.1 Å². The second-order valence-electron chi connectivity index (χ2n) is 5.27. The first kappa shape index (κ1) is 15.2. The van der Waals surface area contributed by atoms with Crippen LogP contribution >= 0.6 is 0 Å². The lowest BCUT2D eigenvalue weighted by atomic mass is 10.1. The highest BCUT2D eigenvalue weighted by Crippen LogP contribution is 2.18. The third kappa shape index (κ3) is 4.66. The predicted molar refractivity (Wildman–Crippen MR) is 95.8 cm³/mol. The Balaban J connectivity index is 1.33. The number of rotatable bonds is 8. The van der Waals surface area contributed by atoms with E-state index in [2.05, 4.69) is 68.6 Å². The van der Waals surface area contributed by atoms with Crippen LogP contribution in [-0.4, -0.2) is 36.4 Å². The van der Waals surface area contributed by atoms with E-state index in [-0.39, 0.29) is 0 Å². The highest BCUT2D eigenvalue weighted by Gasteiger charge is 1.96. The van der Waals surface area contributed by atoms with E-state index in [0.29, 0.717) is 0 Å². The van der Waals surface area contributed by atoms with Crippen molar-refractivity contribution in [3.8, 4) is 0 Å². The fraction of sp³-hybridized carbons (Fsp3) is 0.222. The Morgan fingerprint density at radius 2 is 1.57 bits per heavy atom. The van der Waals surface area contributed by atoms with Crippen LogP contribution in [0.2, 0.25) is 0 Å². The van der Waals surface area contributed by atoms with E-state index in [4.69, 9.17) is 0 Å². The van der Waals surface area contributed by atoms with E-state index in [9.17, 15) is 0 Å². The molecular formula is C18H21N5. The third-order valence-corrected chi connectivity index (χ3v) is 3.56. The maximum absolute atomic E-state index is 3.98. The number of anilines is 2. The van der Waals surface area contributed by atoms with Gasteiger partial charge in [0, 0.05) is 38.1 Å². The Morgan fingerprint density at radius 3 is 2.39 bits per heavy atom. The molecule has 0 aliphatic heterocycles. The lowest BCUT2D eigenvalue weighted by Crippen LogP contribution is -2.27. The summed E-state index contributed by atoms with van der Waals surface area (Å²) >= 11 is 0. The fourth-order valence-electron chi connectivity index (χ4n) is 2.39. The summed E-state index contributed by atoms with van der Waals surface area (Å²) in [5.41, 5.74) is 1.16. The zero-order valence-electron chi connectivity index (χ0n) is 13.0. The van der Waals surface area contributed by atoms with E-state index < -0.39 is 0 Å². The van der Waals surface area contributed by atoms with Crippen LogP contribution in [0.3, 0.4) is 0 Å². The number of hydrogen-bond acceptors (Lipinski definition) is 5. The molecule has 0 fully saturated rings. The summed E-state index contributed by atoms with van der Waals surface area (Å²) < 4.78 is 0. The Kier molecular flexibility index (Phi) is 5.37. The van der Waals surface area contributed by atoms with Gasteiger partial charge in [-0.25, -0.2) is 0 Å². The van der Waals surface area contributed by atoms with Crippen LogP contribution in [0.25, 0.3) is 10.8 Å². The van der Waals surface area contributed by atoms with Gasteiger partial charge >= 0.3 is 0 Å². The van der Waals surface area contributed by atoms with Crippen LogP contribution < -0.4 is 16.0 Å². The number of hydrogen-bond donors (Lipinski definition) is 3. The molecule has 0 aliphatic rings. The largest absolute Gasteiger partial charge is 0.384 e. The smallest absolute Gasteiger partial charge is 0.148 e. The van der Waals surface area contributed by atoms with Crippen LogP contribution in [0.15, 0.2) is 60.8 Å². The van der Waals surface area contributed by atoms with E-state index in [0.717, 1.165) is 37.7 Å². The first-order valence-corrected chi connectivity index (χ1v) is 7.87. The highest BCUT2D eigenvalue weighted by atomic mass is 15.2. The third-order valence-electron chi connectivity index (χ3n) is 3.56. The van der Waals surface area contributed by atoms with Gasteiger partial charge in [-0.05, 0) is 35.0 Å². The van der Waals surface area contributed by atoms with Gasteiger partial charge in [0.2, 0.25) is 0 Å². The summed E-state index contributed by atoms with van der Waals surface area (Å²) in [7, 11) is 0. The molecule has 3 N–H and O–H groups in total. The van der Waals surface area contributed by atoms with E-state index in [1.54, 1.807) is 6.20 Å². The molecule has 1 aromatic heterocycles. The molecule has 0 atom stereocenters. The minimum absolute atomic E-state index is 0.809. The van der Waals surface area contributed by atoms with Crippen molar-refractivity contribution in [3.63, 3.8) is 0 Å². The zero-order valence-corrected chi connectivity index (χ0v) is 13.0. The summed E-state index contributed by atoms with van der Waals surface area (Å²) in [5.74, 6) is 0.809. The summed E-state index contributed by atoms with van der Waals surface area (Å²) in [5, 5.41) is 20.4. The van der Waals surface area contributed by atoms with Gasteiger partial charge in [-0.3, -0.25) is 0 Å². The molecular weight excluding hydrogens is 286 g/mol. The number of aromatic nitrogens is 2. The van der Waals surface area contributed by atoms with Crippen LogP contribution in [0.4, 0.5) is 11.5 Å². The molecule has 0 unspecified atom stereocenters. The Bertz CT molecular complexity index is 730. The van der Waals surface area contributed by atoms with Crippen molar-refractivity contribution in [2.24, 2.45) is 0 Å². The summed E-state index contributed by atoms with van der Waals surface area (Å²) in [6.45, 7) is 3.52. The molecule has 3 rings (SSSR count). The average Bonchev–Trinajstić information content (AvgIpc) is 2.61. The first-order valence-electron chi connectivity index (χ1n) is 7.87. The molecule has 0 amide bonds. The maximum atomic E-state index is 3.98. The van der Waals surface area contributed by atoms with Crippen molar-refractivity contribution in [3.05, 3.63) is 60.8 Å². The van der Waals surface area contributed by atoms with Gasteiger partial charge < -0.3 is 16.0 Å². The minimum atomic E-state index is 0.809. The molecule has 0 aliphatic carbocycles. The zero-order chi connectivity index (χ0) is 15.7. The van der Waals surface area contributed by atoms with Crippen molar-refractivity contribution in [2.45, 2.75) is 0 Å². The second kappa shape index (κ2) is 8.10. The molecule has 0 saturated heterocycles. The highest BCUT2D eigenvalue weighted by molar-refractivity contribution is 5.85. The normalized spacial score (nSPS) is 10.6. The lowest BCUT2D eigenvalue weighted by molar-refractivity contribution is 0.717. The van der Waals surface area contributed by atoms with Gasteiger partial charge in [0.05, 0.1) is 0 Å². The molecule has 1 heterocycles. The van der Waals surface area contributed by atoms with Crippen molar-refractivity contribution in [2.75, 3.05) is 36.8 Å². The van der Waals surface area contributed by atoms with E-state index >= 15 is 0 Å². The second-order valence-corrected chi connectivity index (χ2v) is 5.27. The lowest BCUT2D eigenvalue weighted by Gasteiger charge is -2.09. The molecule has 23 heavy (non-hydrogen) atoms. The molecule has 0 bridgehead atoms. The molecule has 5 heteroatoms. The van der Waals surface area contributed by atoms with Crippen LogP contribution in [-0.2, 0) is 0 Å². The number of nitrogens with one attached hydrogen (secondary N) is 3. The first-order chi connectivity index (χ1) is 11.4. The van der Waals surface area contributed by atoms with Crippen molar-refractivity contribution in [1.29, 1.82) is 0 Å². The topological polar surface area (TPSA) is 61.9 Å². The number of benzene rings is 2. The summed E-state index contributed by atoms with van der Waals surface area (Å²) in [4.78, 5) is 0. The molecule has 2 aromatic carbocycles. The number of fused-ring (bicyclic) bond motifs is 1. The van der Waals surface area contributed by atoms with Crippen molar-refractivity contribution < 1.29 is 0 Å². The Labute approximate surface area is 136 Å². The van der Waals surface area contributed by atoms with E-state index in [1.165, 1.54) is 10.8 Å². The molecule has 0 spiro atoms. The van der Waals surface area contributed by atoms with Crippen molar-refractivity contribution in [1.82, 2.24) is 15.5 Å². The quantitative estimate of drug-likeness (QED) is 0.559. The van der Waals surface area contributed by atoms with Crippen LogP contribution in [0.1, 0.15) is 0 Å². The number of nitrogens with zero attached hydrogens (tertiary/aromatic N) is 2. The predicted octanol–water partition coefficient (Wildman–Crippen LogP) is 2.74. The average molecular weight is 307 g/mol. The molecule has 5 nitrogen and oxygen atoms in total. The van der Waals surface area contributed by atoms with Gasteiger partial charge in [-0.1, -0.05) is 30.3 Å². The van der Waals surface area contributed by atoms with Gasteiger partial charge in [-0.15, -0.1) is 5.10 Å². The maximum Gasteiger partial charge on any atom is 0.148 e. The molecule has 118 valence electrons. The van der Waals surface area contributed by atoms with Gasteiger partial charge in [0.25, 0.3) is 0 Å². The summed E-state index contributed by atoms with van der Waals surface area (Å²) in [6.07, 6.45) is 1.67. The molecule has 0 saturated carbocycles. The molecule has 0 radical (unpaired) electrons. The molecule has 3 aromatic rings. The fourth-order valence-corrected chi connectivity index (χ4v) is 2.39. The van der Waals surface area contributed by atoms with Gasteiger partial charge in [0.15, 0.2) is 0 Å². The van der Waals surface area contributed by atoms with Crippen LogP contribution in [0, 0.1) is 0 Å².